The van der Waals surface area contributed by atoms with Crippen LogP contribution in [0.5, 0.6) is 0 Å². The van der Waals surface area contributed by atoms with E-state index >= 15 is 0 Å². The van der Waals surface area contributed by atoms with Gasteiger partial charge in [-0.05, 0) is 18.2 Å². The molecule has 0 bridgehead atoms. The summed E-state index contributed by atoms with van der Waals surface area (Å²) in [6.45, 7) is 0.203. The van der Waals surface area contributed by atoms with Crippen LogP contribution in [-0.4, -0.2) is 23.2 Å². The van der Waals surface area contributed by atoms with E-state index in [1.807, 2.05) is 0 Å². The van der Waals surface area contributed by atoms with Gasteiger partial charge in [0.25, 0.3) is 5.91 Å². The Morgan fingerprint density at radius 1 is 1.52 bits per heavy atom. The van der Waals surface area contributed by atoms with Crippen molar-refractivity contribution in [1.29, 1.82) is 0 Å². The molecule has 6 nitrogen and oxygen atoms in total. The number of hydrogen-bond donors (Lipinski definition) is 2. The molecule has 0 aliphatic heterocycles. The van der Waals surface area contributed by atoms with Crippen LogP contribution < -0.4 is 11.1 Å². The molecule has 110 valence electrons. The lowest BCUT2D eigenvalue weighted by molar-refractivity contribution is 0.101. The molecule has 0 radical (unpaired) electrons. The van der Waals surface area contributed by atoms with E-state index in [2.05, 4.69) is 10.5 Å². The molecule has 0 atom stereocenters. The monoisotopic (exact) mass is 309 g/mol. The van der Waals surface area contributed by atoms with Crippen LogP contribution in [0.1, 0.15) is 21.8 Å². The minimum Gasteiger partial charge on any atom is -0.389 e. The number of aromatic nitrogens is 1. The molecule has 1 aromatic carbocycles. The first-order chi connectivity index (χ1) is 10.0. The van der Waals surface area contributed by atoms with Crippen LogP contribution in [0.4, 0.5) is 10.1 Å². The summed E-state index contributed by atoms with van der Waals surface area (Å²) in [6, 6.07) is 5.16. The van der Waals surface area contributed by atoms with E-state index in [1.165, 1.54) is 25.3 Å². The molecule has 0 fully saturated rings. The topological polar surface area (TPSA) is 90.4 Å². The Balaban J connectivity index is 2.20. The van der Waals surface area contributed by atoms with Crippen molar-refractivity contribution in [3.63, 3.8) is 0 Å². The van der Waals surface area contributed by atoms with Gasteiger partial charge in [-0.2, -0.15) is 0 Å². The Morgan fingerprint density at radius 3 is 2.95 bits per heavy atom. The van der Waals surface area contributed by atoms with Gasteiger partial charge in [0.05, 0.1) is 5.69 Å². The number of carbonyl (C=O) groups is 1. The van der Waals surface area contributed by atoms with Crippen molar-refractivity contribution in [2.24, 2.45) is 5.73 Å². The third kappa shape index (κ3) is 3.61. The summed E-state index contributed by atoms with van der Waals surface area (Å²) in [6.07, 6.45) is 0. The van der Waals surface area contributed by atoms with Crippen LogP contribution >= 0.6 is 12.2 Å². The van der Waals surface area contributed by atoms with Gasteiger partial charge in [-0.3, -0.25) is 4.79 Å². The lowest BCUT2D eigenvalue weighted by Crippen LogP contribution is -2.18. The lowest BCUT2D eigenvalue weighted by atomic mass is 10.1. The Morgan fingerprint density at radius 2 is 2.29 bits per heavy atom. The maximum absolute atomic E-state index is 13.2. The number of nitrogens with two attached hydrogens (primary N) is 1. The number of hydrogen-bond acceptors (Lipinski definition) is 5. The normalized spacial score (nSPS) is 10.4. The van der Waals surface area contributed by atoms with Crippen molar-refractivity contribution < 1.29 is 18.4 Å². The highest BCUT2D eigenvalue weighted by Crippen LogP contribution is 2.18. The van der Waals surface area contributed by atoms with Crippen LogP contribution in [0.15, 0.2) is 28.8 Å². The molecule has 21 heavy (non-hydrogen) atoms. The molecule has 0 aliphatic carbocycles. The number of benzene rings is 1. The largest absolute Gasteiger partial charge is 0.389 e. The number of ether oxygens (including phenoxy) is 1. The van der Waals surface area contributed by atoms with Crippen molar-refractivity contribution in [3.8, 4) is 0 Å². The van der Waals surface area contributed by atoms with Gasteiger partial charge in [0, 0.05) is 18.7 Å². The van der Waals surface area contributed by atoms with E-state index < -0.39 is 11.7 Å². The molecule has 2 rings (SSSR count). The second-order valence-corrected chi connectivity index (χ2v) is 4.56. The van der Waals surface area contributed by atoms with E-state index in [0.29, 0.717) is 11.4 Å². The SMILES string of the molecule is COCc1cc(C(=O)Nc2ccc(F)cc2C(N)=S)no1. The predicted octanol–water partition coefficient (Wildman–Crippen LogP) is 1.85. The fraction of sp³-hybridized carbons (Fsp3) is 0.154. The molecule has 1 heterocycles. The summed E-state index contributed by atoms with van der Waals surface area (Å²) in [5.74, 6) is -0.610. The van der Waals surface area contributed by atoms with Gasteiger partial charge < -0.3 is 20.3 Å². The zero-order valence-electron chi connectivity index (χ0n) is 11.1. The molecule has 0 unspecified atom stereocenters. The Bertz CT molecular complexity index is 687. The number of anilines is 1. The summed E-state index contributed by atoms with van der Waals surface area (Å²) in [5.41, 5.74) is 6.11. The quantitative estimate of drug-likeness (QED) is 0.819. The Hall–Kier alpha value is -2.32. The van der Waals surface area contributed by atoms with Crippen LogP contribution in [0.25, 0.3) is 0 Å². The van der Waals surface area contributed by atoms with E-state index in [0.717, 1.165) is 6.07 Å². The van der Waals surface area contributed by atoms with E-state index in [9.17, 15) is 9.18 Å². The number of nitrogens with zero attached hydrogens (tertiary/aromatic N) is 1. The third-order valence-electron chi connectivity index (χ3n) is 2.57. The van der Waals surface area contributed by atoms with Crippen LogP contribution in [-0.2, 0) is 11.3 Å². The molecule has 2 aromatic rings. The number of halogens is 1. The van der Waals surface area contributed by atoms with Gasteiger partial charge >= 0.3 is 0 Å². The molecule has 0 spiro atoms. The summed E-state index contributed by atoms with van der Waals surface area (Å²) < 4.78 is 23.0. The Labute approximate surface area is 125 Å². The van der Waals surface area contributed by atoms with Gasteiger partial charge in [-0.25, -0.2) is 4.39 Å². The van der Waals surface area contributed by atoms with Gasteiger partial charge in [-0.1, -0.05) is 17.4 Å². The van der Waals surface area contributed by atoms with E-state index in [1.54, 1.807) is 0 Å². The number of carbonyl (C=O) groups excluding carboxylic acids is 1. The molecule has 3 N–H and O–H groups in total. The average molecular weight is 309 g/mol. The van der Waals surface area contributed by atoms with Crippen LogP contribution in [0.2, 0.25) is 0 Å². The zero-order valence-corrected chi connectivity index (χ0v) is 11.9. The molecule has 0 aliphatic rings. The first-order valence-electron chi connectivity index (χ1n) is 5.86. The fourth-order valence-corrected chi connectivity index (χ4v) is 1.81. The summed E-state index contributed by atoms with van der Waals surface area (Å²) >= 11 is 4.83. The van der Waals surface area contributed by atoms with Gasteiger partial charge in [0.15, 0.2) is 11.5 Å². The maximum atomic E-state index is 13.2. The summed E-state index contributed by atoms with van der Waals surface area (Å²) in [5, 5.41) is 6.17. The predicted molar refractivity (Wildman–Crippen MR) is 77.5 cm³/mol. The molecule has 1 aromatic heterocycles. The first kappa shape index (κ1) is 15.1. The number of nitrogens with one attached hydrogen (secondary N) is 1. The lowest BCUT2D eigenvalue weighted by Gasteiger charge is -2.08. The van der Waals surface area contributed by atoms with Crippen molar-refractivity contribution in [3.05, 3.63) is 47.1 Å². The van der Waals surface area contributed by atoms with Crippen molar-refractivity contribution >= 4 is 28.8 Å². The molecule has 1 amide bonds. The molecule has 0 saturated heterocycles. The van der Waals surface area contributed by atoms with Gasteiger partial charge in [0.2, 0.25) is 0 Å². The second-order valence-electron chi connectivity index (χ2n) is 4.12. The number of rotatable bonds is 5. The fourth-order valence-electron chi connectivity index (χ4n) is 1.65. The first-order valence-corrected chi connectivity index (χ1v) is 6.27. The van der Waals surface area contributed by atoms with Crippen molar-refractivity contribution in [1.82, 2.24) is 5.16 Å². The minimum absolute atomic E-state index is 0.0231. The standard InChI is InChI=1S/C13H12FN3O3S/c1-19-6-8-5-11(17-20-8)13(18)16-10-3-2-7(14)4-9(10)12(15)21/h2-5H,6H2,1H3,(H2,15,21)(H,16,18). The smallest absolute Gasteiger partial charge is 0.277 e. The van der Waals surface area contributed by atoms with Crippen molar-refractivity contribution in [2.75, 3.05) is 12.4 Å². The molecule has 0 saturated carbocycles. The number of amides is 1. The third-order valence-corrected chi connectivity index (χ3v) is 2.79. The van der Waals surface area contributed by atoms with Gasteiger partial charge in [-0.15, -0.1) is 0 Å². The molecule has 8 heteroatoms. The Kier molecular flexibility index (Phi) is 4.61. The van der Waals surface area contributed by atoms with Crippen LogP contribution in [0, 0.1) is 5.82 Å². The number of methoxy groups -OCH3 is 1. The van der Waals surface area contributed by atoms with Crippen molar-refractivity contribution in [2.45, 2.75) is 6.61 Å². The van der Waals surface area contributed by atoms with E-state index in [4.69, 9.17) is 27.2 Å². The van der Waals surface area contributed by atoms with Crippen LogP contribution in [0.3, 0.4) is 0 Å². The highest BCUT2D eigenvalue weighted by atomic mass is 32.1. The highest BCUT2D eigenvalue weighted by molar-refractivity contribution is 7.80. The molecular weight excluding hydrogens is 297 g/mol. The summed E-state index contributed by atoms with van der Waals surface area (Å²) in [7, 11) is 1.50. The second kappa shape index (κ2) is 6.42. The minimum atomic E-state index is -0.523. The summed E-state index contributed by atoms with van der Waals surface area (Å²) in [4.78, 5) is 12.0. The van der Waals surface area contributed by atoms with Gasteiger partial charge in [0.1, 0.15) is 17.4 Å². The maximum Gasteiger partial charge on any atom is 0.277 e. The number of thiocarbonyl (C=S) groups is 1. The highest BCUT2D eigenvalue weighted by Gasteiger charge is 2.15. The molecular formula is C13H12FN3O3S. The average Bonchev–Trinajstić information content (AvgIpc) is 2.89. The van der Waals surface area contributed by atoms with E-state index in [-0.39, 0.29) is 22.9 Å². The zero-order chi connectivity index (χ0) is 15.4.